The summed E-state index contributed by atoms with van der Waals surface area (Å²) in [5.41, 5.74) is 1.94. The molecule has 8 heteroatoms. The minimum Gasteiger partial charge on any atom is -0.611 e. The third-order valence-corrected chi connectivity index (χ3v) is 7.79. The van der Waals surface area contributed by atoms with Crippen molar-refractivity contribution in [1.29, 1.82) is 0 Å². The van der Waals surface area contributed by atoms with Crippen LogP contribution in [0, 0.1) is 6.92 Å². The molecule has 180 valence electrons. The van der Waals surface area contributed by atoms with Crippen molar-refractivity contribution >= 4 is 29.0 Å². The lowest BCUT2D eigenvalue weighted by Crippen LogP contribution is -2.51. The molecule has 0 aliphatic carbocycles. The van der Waals surface area contributed by atoms with Crippen LogP contribution < -0.4 is 0 Å². The summed E-state index contributed by atoms with van der Waals surface area (Å²) in [5, 5.41) is 0. The van der Waals surface area contributed by atoms with Gasteiger partial charge in [0.15, 0.2) is 10.6 Å². The van der Waals surface area contributed by atoms with Crippen LogP contribution in [0.5, 0.6) is 0 Å². The largest absolute Gasteiger partial charge is 0.611 e. The first kappa shape index (κ1) is 24.3. The van der Waals surface area contributed by atoms with Crippen LogP contribution in [0.1, 0.15) is 36.8 Å². The van der Waals surface area contributed by atoms with Crippen molar-refractivity contribution in [3.63, 3.8) is 0 Å². The normalized spacial score (nSPS) is 20.9. The Hall–Kier alpha value is -2.84. The molecule has 2 heterocycles. The van der Waals surface area contributed by atoms with E-state index < -0.39 is 29.4 Å². The molecule has 34 heavy (non-hydrogen) atoms. The standard InChI is InChI=1S/C26H30N2O5S/c1-19-11-13-21(14-12-19)34(32)18-24(29)22-9-5-15-27(22)25(30)23-10-6-16-28(23)26(31)33-17-20-7-3-2-4-8-20/h2-4,7-8,11-14,22-23H,5-6,9-10,15-18H2,1H3/t22-,23-,34-/m0/s1. The number of nitrogens with zero attached hydrogens (tertiary/aromatic N) is 2. The van der Waals surface area contributed by atoms with Gasteiger partial charge in [0.05, 0.1) is 6.04 Å². The molecule has 4 rings (SSSR count). The molecule has 0 saturated carbocycles. The number of hydrogen-bond acceptors (Lipinski definition) is 5. The predicted octanol–water partition coefficient (Wildman–Crippen LogP) is 3.46. The average Bonchev–Trinajstić information content (AvgIpc) is 3.53. The molecule has 0 spiro atoms. The smallest absolute Gasteiger partial charge is 0.410 e. The van der Waals surface area contributed by atoms with E-state index in [1.54, 1.807) is 17.0 Å². The molecular formula is C26H30N2O5S. The van der Waals surface area contributed by atoms with Crippen LogP contribution in [0.2, 0.25) is 0 Å². The molecule has 7 nitrogen and oxygen atoms in total. The summed E-state index contributed by atoms with van der Waals surface area (Å²) in [5.74, 6) is -0.530. The van der Waals surface area contributed by atoms with E-state index in [2.05, 4.69) is 0 Å². The molecule has 2 aromatic rings. The summed E-state index contributed by atoms with van der Waals surface area (Å²) >= 11 is -1.46. The Bertz CT molecular complexity index is 1010. The molecule has 0 radical (unpaired) electrons. The van der Waals surface area contributed by atoms with Crippen molar-refractivity contribution in [2.45, 2.75) is 56.2 Å². The number of hydrogen-bond donors (Lipinski definition) is 0. The van der Waals surface area contributed by atoms with E-state index >= 15 is 0 Å². The molecule has 2 fully saturated rings. The van der Waals surface area contributed by atoms with Crippen LogP contribution in [0.3, 0.4) is 0 Å². The van der Waals surface area contributed by atoms with Gasteiger partial charge < -0.3 is 14.2 Å². The van der Waals surface area contributed by atoms with Gasteiger partial charge in [-0.05, 0) is 61.5 Å². The van der Waals surface area contributed by atoms with Crippen molar-refractivity contribution in [3.8, 4) is 0 Å². The van der Waals surface area contributed by atoms with Gasteiger partial charge in [-0.1, -0.05) is 48.0 Å². The molecule has 0 aromatic heterocycles. The van der Waals surface area contributed by atoms with E-state index in [9.17, 15) is 18.9 Å². The number of carbonyl (C=O) groups excluding carboxylic acids is 3. The van der Waals surface area contributed by atoms with Crippen molar-refractivity contribution in [1.82, 2.24) is 9.80 Å². The monoisotopic (exact) mass is 482 g/mol. The van der Waals surface area contributed by atoms with Crippen molar-refractivity contribution in [2.24, 2.45) is 0 Å². The van der Waals surface area contributed by atoms with Gasteiger partial charge in [0.2, 0.25) is 11.7 Å². The molecule has 2 saturated heterocycles. The summed E-state index contributed by atoms with van der Waals surface area (Å²) < 4.78 is 18.2. The van der Waals surface area contributed by atoms with E-state index in [4.69, 9.17) is 4.74 Å². The van der Waals surface area contributed by atoms with Crippen LogP contribution in [-0.4, -0.2) is 63.1 Å². The van der Waals surface area contributed by atoms with E-state index in [0.717, 1.165) is 11.1 Å². The van der Waals surface area contributed by atoms with E-state index in [0.29, 0.717) is 43.7 Å². The summed E-state index contributed by atoms with van der Waals surface area (Å²) in [6.45, 7) is 3.01. The lowest BCUT2D eigenvalue weighted by Gasteiger charge is -2.30. The highest BCUT2D eigenvalue weighted by Gasteiger charge is 2.43. The summed E-state index contributed by atoms with van der Waals surface area (Å²) in [6.07, 6.45) is 2.01. The van der Waals surface area contributed by atoms with Gasteiger partial charge in [-0.3, -0.25) is 14.5 Å². The molecule has 0 N–H and O–H groups in total. The fourth-order valence-electron chi connectivity index (χ4n) is 4.60. The van der Waals surface area contributed by atoms with E-state index in [-0.39, 0.29) is 24.1 Å². The summed E-state index contributed by atoms with van der Waals surface area (Å²) in [6, 6.07) is 15.5. The Morgan fingerprint density at radius 2 is 1.59 bits per heavy atom. The Morgan fingerprint density at radius 3 is 2.29 bits per heavy atom. The zero-order valence-corrected chi connectivity index (χ0v) is 20.2. The number of Topliss-reactive ketones (excluding diaryl/α,β-unsaturated/α-hetero) is 1. The van der Waals surface area contributed by atoms with Gasteiger partial charge in [0.1, 0.15) is 12.6 Å². The quantitative estimate of drug-likeness (QED) is 0.564. The minimum absolute atomic E-state index is 0.120. The highest BCUT2D eigenvalue weighted by atomic mass is 32.2. The van der Waals surface area contributed by atoms with Gasteiger partial charge in [0.25, 0.3) is 0 Å². The molecule has 2 aliphatic rings. The summed E-state index contributed by atoms with van der Waals surface area (Å²) in [4.78, 5) is 42.8. The van der Waals surface area contributed by atoms with Gasteiger partial charge in [-0.2, -0.15) is 0 Å². The molecule has 2 aliphatic heterocycles. The van der Waals surface area contributed by atoms with Gasteiger partial charge in [-0.15, -0.1) is 0 Å². The van der Waals surface area contributed by atoms with Crippen molar-refractivity contribution in [3.05, 3.63) is 65.7 Å². The first-order valence-corrected chi connectivity index (χ1v) is 13.0. The van der Waals surface area contributed by atoms with Crippen LogP contribution in [0.25, 0.3) is 0 Å². The molecule has 2 aromatic carbocycles. The highest BCUT2D eigenvalue weighted by molar-refractivity contribution is 7.92. The van der Waals surface area contributed by atoms with Crippen molar-refractivity contribution < 1.29 is 23.7 Å². The zero-order valence-electron chi connectivity index (χ0n) is 19.4. The number of benzene rings is 2. The maximum atomic E-state index is 13.4. The van der Waals surface area contributed by atoms with Gasteiger partial charge in [0, 0.05) is 13.1 Å². The lowest BCUT2D eigenvalue weighted by molar-refractivity contribution is -0.140. The first-order chi connectivity index (χ1) is 16.4. The molecular weight excluding hydrogens is 452 g/mol. The molecule has 0 unspecified atom stereocenters. The molecule has 2 amide bonds. The second-order valence-corrected chi connectivity index (χ2v) is 10.3. The molecule has 0 bridgehead atoms. The van der Waals surface area contributed by atoms with Crippen LogP contribution in [-0.2, 0) is 32.1 Å². The van der Waals surface area contributed by atoms with Crippen LogP contribution in [0.15, 0.2) is 59.5 Å². The third kappa shape index (κ3) is 5.62. The maximum absolute atomic E-state index is 13.4. The van der Waals surface area contributed by atoms with E-state index in [1.165, 1.54) is 4.90 Å². The number of rotatable bonds is 7. The van der Waals surface area contributed by atoms with Crippen LogP contribution >= 0.6 is 0 Å². The number of aryl methyl sites for hydroxylation is 1. The van der Waals surface area contributed by atoms with Crippen LogP contribution in [0.4, 0.5) is 4.79 Å². The summed E-state index contributed by atoms with van der Waals surface area (Å²) in [7, 11) is 0. The Labute approximate surface area is 203 Å². The zero-order chi connectivity index (χ0) is 24.1. The highest BCUT2D eigenvalue weighted by Crippen LogP contribution is 2.27. The predicted molar refractivity (Wildman–Crippen MR) is 129 cm³/mol. The van der Waals surface area contributed by atoms with Gasteiger partial charge >= 0.3 is 6.09 Å². The fourth-order valence-corrected chi connectivity index (χ4v) is 5.66. The Balaban J connectivity index is 1.37. The number of carbonyl (C=O) groups is 3. The minimum atomic E-state index is -1.46. The fraction of sp³-hybridized carbons (Fsp3) is 0.423. The third-order valence-electron chi connectivity index (χ3n) is 6.44. The van der Waals surface area contributed by atoms with E-state index in [1.807, 2.05) is 49.4 Å². The first-order valence-electron chi connectivity index (χ1n) is 11.7. The lowest BCUT2D eigenvalue weighted by atomic mass is 10.1. The van der Waals surface area contributed by atoms with Gasteiger partial charge in [-0.25, -0.2) is 4.79 Å². The second kappa shape index (κ2) is 11.1. The second-order valence-electron chi connectivity index (χ2n) is 8.85. The SMILES string of the molecule is Cc1ccc([S@@+]([O-])CC(=O)[C@@H]2CCCN2C(=O)[C@@H]2CCCN2C(=O)OCc2ccccc2)cc1. The number of ketones is 1. The van der Waals surface area contributed by atoms with Crippen molar-refractivity contribution in [2.75, 3.05) is 18.8 Å². The topological polar surface area (TPSA) is 90.0 Å². The number of likely N-dealkylation sites (tertiary alicyclic amines) is 2. The Kier molecular flexibility index (Phi) is 7.90. The Morgan fingerprint density at radius 1 is 0.941 bits per heavy atom. The molecule has 3 atom stereocenters. The maximum Gasteiger partial charge on any atom is 0.410 e. The number of amides is 2. The average molecular weight is 483 g/mol. The number of ether oxygens (including phenoxy) is 1.